The van der Waals surface area contributed by atoms with Crippen molar-refractivity contribution in [3.63, 3.8) is 0 Å². The van der Waals surface area contributed by atoms with Crippen LogP contribution < -0.4 is 10.1 Å². The molecule has 22 heavy (non-hydrogen) atoms. The van der Waals surface area contributed by atoms with E-state index < -0.39 is 0 Å². The molecule has 0 aliphatic rings. The average Bonchev–Trinajstić information content (AvgIpc) is 2.53. The lowest BCUT2D eigenvalue weighted by Crippen LogP contribution is -2.04. The van der Waals surface area contributed by atoms with Crippen LogP contribution in [0.5, 0.6) is 5.75 Å². The molecule has 0 aliphatic carbocycles. The number of fused-ring (bicyclic) bond motifs is 1. The standard InChI is InChI=1S/C17H16BrN3O/c1-11-20-16-8-5-13(18)9-15(16)17(21-11)19-10-12-3-6-14(22-2)7-4-12/h3-9H,10H2,1-2H3,(H,19,20,21). The van der Waals surface area contributed by atoms with E-state index in [2.05, 4.69) is 31.2 Å². The van der Waals surface area contributed by atoms with E-state index in [4.69, 9.17) is 4.74 Å². The first-order valence-corrected chi connectivity index (χ1v) is 7.76. The van der Waals surface area contributed by atoms with Gasteiger partial charge in [0.1, 0.15) is 17.4 Å². The molecular formula is C17H16BrN3O. The average molecular weight is 358 g/mol. The third kappa shape index (κ3) is 3.20. The van der Waals surface area contributed by atoms with E-state index in [-0.39, 0.29) is 0 Å². The smallest absolute Gasteiger partial charge is 0.137 e. The first-order chi connectivity index (χ1) is 10.7. The zero-order valence-corrected chi connectivity index (χ0v) is 14.0. The molecule has 0 fully saturated rings. The fourth-order valence-electron chi connectivity index (χ4n) is 2.28. The van der Waals surface area contributed by atoms with Crippen molar-refractivity contribution in [3.8, 4) is 5.75 Å². The fraction of sp³-hybridized carbons (Fsp3) is 0.176. The summed E-state index contributed by atoms with van der Waals surface area (Å²) in [6.45, 7) is 2.60. The van der Waals surface area contributed by atoms with Crippen LogP contribution in [0.3, 0.4) is 0 Å². The van der Waals surface area contributed by atoms with E-state index in [9.17, 15) is 0 Å². The highest BCUT2D eigenvalue weighted by atomic mass is 79.9. The van der Waals surface area contributed by atoms with Crippen LogP contribution in [0.15, 0.2) is 46.9 Å². The molecule has 0 unspecified atom stereocenters. The van der Waals surface area contributed by atoms with E-state index in [0.29, 0.717) is 6.54 Å². The van der Waals surface area contributed by atoms with Gasteiger partial charge in [0, 0.05) is 16.4 Å². The Morgan fingerprint density at radius 1 is 1.09 bits per heavy atom. The van der Waals surface area contributed by atoms with E-state index in [1.54, 1.807) is 7.11 Å². The minimum atomic E-state index is 0.696. The number of aryl methyl sites for hydroxylation is 1. The summed E-state index contributed by atoms with van der Waals surface area (Å²) in [6, 6.07) is 14.0. The maximum absolute atomic E-state index is 5.17. The lowest BCUT2D eigenvalue weighted by molar-refractivity contribution is 0.414. The molecule has 0 radical (unpaired) electrons. The second kappa shape index (κ2) is 6.32. The summed E-state index contributed by atoms with van der Waals surface area (Å²) in [7, 11) is 1.67. The van der Waals surface area contributed by atoms with Crippen molar-refractivity contribution in [2.24, 2.45) is 0 Å². The Hall–Kier alpha value is -2.14. The second-order valence-electron chi connectivity index (χ2n) is 4.98. The van der Waals surface area contributed by atoms with Crippen LogP contribution in [0.4, 0.5) is 5.82 Å². The quantitative estimate of drug-likeness (QED) is 0.755. The summed E-state index contributed by atoms with van der Waals surface area (Å²) in [5, 5.41) is 4.40. The number of aromatic nitrogens is 2. The molecule has 3 rings (SSSR count). The largest absolute Gasteiger partial charge is 0.497 e. The number of halogens is 1. The number of ether oxygens (including phenoxy) is 1. The normalized spacial score (nSPS) is 10.7. The zero-order valence-electron chi connectivity index (χ0n) is 12.4. The van der Waals surface area contributed by atoms with Crippen molar-refractivity contribution in [2.75, 3.05) is 12.4 Å². The molecule has 2 aromatic carbocycles. The van der Waals surface area contributed by atoms with Gasteiger partial charge in [0.2, 0.25) is 0 Å². The molecule has 4 nitrogen and oxygen atoms in total. The van der Waals surface area contributed by atoms with E-state index in [1.807, 2.05) is 49.4 Å². The Labute approximate surface area is 137 Å². The highest BCUT2D eigenvalue weighted by Gasteiger charge is 2.06. The molecule has 0 bridgehead atoms. The Balaban J connectivity index is 1.87. The van der Waals surface area contributed by atoms with Crippen molar-refractivity contribution in [3.05, 3.63) is 58.3 Å². The molecule has 0 aliphatic heterocycles. The number of rotatable bonds is 4. The fourth-order valence-corrected chi connectivity index (χ4v) is 2.64. The molecule has 1 aromatic heterocycles. The van der Waals surface area contributed by atoms with Crippen molar-refractivity contribution >= 4 is 32.7 Å². The number of nitrogens with zero attached hydrogens (tertiary/aromatic N) is 2. The second-order valence-corrected chi connectivity index (χ2v) is 5.90. The van der Waals surface area contributed by atoms with Gasteiger partial charge in [-0.05, 0) is 42.8 Å². The summed E-state index contributed by atoms with van der Waals surface area (Å²) < 4.78 is 6.19. The topological polar surface area (TPSA) is 47.0 Å². The van der Waals surface area contributed by atoms with Crippen LogP contribution in [0.25, 0.3) is 10.9 Å². The van der Waals surface area contributed by atoms with Crippen LogP contribution in [-0.2, 0) is 6.54 Å². The van der Waals surface area contributed by atoms with E-state index in [1.165, 1.54) is 5.56 Å². The van der Waals surface area contributed by atoms with Crippen LogP contribution >= 0.6 is 15.9 Å². The van der Waals surface area contributed by atoms with E-state index >= 15 is 0 Å². The summed E-state index contributed by atoms with van der Waals surface area (Å²) in [5.74, 6) is 2.46. The molecule has 0 amide bonds. The third-order valence-corrected chi connectivity index (χ3v) is 3.88. The van der Waals surface area contributed by atoms with Crippen molar-refractivity contribution < 1.29 is 4.74 Å². The van der Waals surface area contributed by atoms with Crippen LogP contribution in [0.1, 0.15) is 11.4 Å². The van der Waals surface area contributed by atoms with Crippen molar-refractivity contribution in [2.45, 2.75) is 13.5 Å². The summed E-state index contributed by atoms with van der Waals surface area (Å²) in [4.78, 5) is 8.99. The molecule has 0 saturated carbocycles. The Morgan fingerprint density at radius 3 is 2.59 bits per heavy atom. The maximum Gasteiger partial charge on any atom is 0.137 e. The third-order valence-electron chi connectivity index (χ3n) is 3.39. The van der Waals surface area contributed by atoms with Gasteiger partial charge in [0.05, 0.1) is 12.6 Å². The molecule has 0 saturated heterocycles. The van der Waals surface area contributed by atoms with Gasteiger partial charge in [0.15, 0.2) is 0 Å². The number of benzene rings is 2. The van der Waals surface area contributed by atoms with Gasteiger partial charge < -0.3 is 10.1 Å². The van der Waals surface area contributed by atoms with Crippen LogP contribution in [0.2, 0.25) is 0 Å². The molecule has 1 N–H and O–H groups in total. The Kier molecular flexibility index (Phi) is 4.24. The lowest BCUT2D eigenvalue weighted by atomic mass is 10.2. The molecule has 1 heterocycles. The highest BCUT2D eigenvalue weighted by molar-refractivity contribution is 9.10. The van der Waals surface area contributed by atoms with Gasteiger partial charge in [-0.2, -0.15) is 0 Å². The highest BCUT2D eigenvalue weighted by Crippen LogP contribution is 2.24. The van der Waals surface area contributed by atoms with Crippen molar-refractivity contribution in [1.29, 1.82) is 0 Å². The summed E-state index contributed by atoms with van der Waals surface area (Å²) in [5.41, 5.74) is 2.10. The monoisotopic (exact) mass is 357 g/mol. The molecule has 3 aromatic rings. The molecule has 112 valence electrons. The number of anilines is 1. The first-order valence-electron chi connectivity index (χ1n) is 6.96. The van der Waals surface area contributed by atoms with Gasteiger partial charge in [-0.15, -0.1) is 0 Å². The number of nitrogens with one attached hydrogen (secondary N) is 1. The van der Waals surface area contributed by atoms with Crippen LogP contribution in [0, 0.1) is 6.92 Å². The van der Waals surface area contributed by atoms with Gasteiger partial charge >= 0.3 is 0 Å². The number of hydrogen-bond acceptors (Lipinski definition) is 4. The molecule has 5 heteroatoms. The molecular weight excluding hydrogens is 342 g/mol. The zero-order chi connectivity index (χ0) is 15.5. The van der Waals surface area contributed by atoms with Crippen LogP contribution in [-0.4, -0.2) is 17.1 Å². The van der Waals surface area contributed by atoms with Gasteiger partial charge in [-0.1, -0.05) is 28.1 Å². The Morgan fingerprint density at radius 2 is 1.86 bits per heavy atom. The Bertz CT molecular complexity index is 803. The first kappa shape index (κ1) is 14.8. The SMILES string of the molecule is COc1ccc(CNc2nc(C)nc3ccc(Br)cc23)cc1. The van der Waals surface area contributed by atoms with Gasteiger partial charge in [0.25, 0.3) is 0 Å². The minimum Gasteiger partial charge on any atom is -0.497 e. The maximum atomic E-state index is 5.17. The predicted molar refractivity (Wildman–Crippen MR) is 92.3 cm³/mol. The number of methoxy groups -OCH3 is 1. The van der Waals surface area contributed by atoms with Gasteiger partial charge in [-0.3, -0.25) is 0 Å². The molecule has 0 atom stereocenters. The summed E-state index contributed by atoms with van der Waals surface area (Å²) >= 11 is 3.50. The predicted octanol–water partition coefficient (Wildman–Crippen LogP) is 4.32. The minimum absolute atomic E-state index is 0.696. The van der Waals surface area contributed by atoms with E-state index in [0.717, 1.165) is 32.8 Å². The van der Waals surface area contributed by atoms with Crippen molar-refractivity contribution in [1.82, 2.24) is 9.97 Å². The van der Waals surface area contributed by atoms with Gasteiger partial charge in [-0.25, -0.2) is 9.97 Å². The summed E-state index contributed by atoms with van der Waals surface area (Å²) in [6.07, 6.45) is 0. The number of hydrogen-bond donors (Lipinski definition) is 1. The lowest BCUT2D eigenvalue weighted by Gasteiger charge is -2.10. The molecule has 0 spiro atoms.